The molecule has 0 bridgehead atoms. The number of nitro groups is 1. The van der Waals surface area contributed by atoms with Gasteiger partial charge in [0.25, 0.3) is 5.69 Å². The minimum absolute atomic E-state index is 0.00389. The SMILES string of the molecule is CCOC(=O)C(Cc1ccc([N+](=O)[O-])cc1)N=C(c1ccccc1)c1ccccc1. The first-order valence-corrected chi connectivity index (χ1v) is 9.67. The fourth-order valence-electron chi connectivity index (χ4n) is 3.06. The molecule has 0 fully saturated rings. The van der Waals surface area contributed by atoms with Gasteiger partial charge in [-0.15, -0.1) is 0 Å². The van der Waals surface area contributed by atoms with Crippen LogP contribution in [0.5, 0.6) is 0 Å². The third-order valence-electron chi connectivity index (χ3n) is 4.51. The molecule has 0 radical (unpaired) electrons. The first-order valence-electron chi connectivity index (χ1n) is 9.67. The van der Waals surface area contributed by atoms with Crippen LogP contribution >= 0.6 is 0 Å². The van der Waals surface area contributed by atoms with Crippen LogP contribution in [0.15, 0.2) is 89.9 Å². The normalized spacial score (nSPS) is 11.4. The summed E-state index contributed by atoms with van der Waals surface area (Å²) >= 11 is 0. The van der Waals surface area contributed by atoms with Gasteiger partial charge >= 0.3 is 5.97 Å². The quantitative estimate of drug-likeness (QED) is 0.238. The van der Waals surface area contributed by atoms with E-state index in [-0.39, 0.29) is 18.7 Å². The zero-order valence-electron chi connectivity index (χ0n) is 16.6. The molecule has 3 rings (SSSR count). The molecule has 0 N–H and O–H groups in total. The van der Waals surface area contributed by atoms with Crippen molar-refractivity contribution in [2.45, 2.75) is 19.4 Å². The molecule has 1 atom stereocenters. The highest BCUT2D eigenvalue weighted by molar-refractivity contribution is 6.13. The number of aliphatic imine (C=N–C) groups is 1. The lowest BCUT2D eigenvalue weighted by Gasteiger charge is -2.15. The van der Waals surface area contributed by atoms with Gasteiger partial charge in [-0.1, -0.05) is 72.8 Å². The van der Waals surface area contributed by atoms with Crippen molar-refractivity contribution in [2.75, 3.05) is 6.61 Å². The number of benzene rings is 3. The van der Waals surface area contributed by atoms with Gasteiger partial charge in [-0.2, -0.15) is 0 Å². The van der Waals surface area contributed by atoms with Gasteiger partial charge in [0.15, 0.2) is 6.04 Å². The summed E-state index contributed by atoms with van der Waals surface area (Å²) in [6.07, 6.45) is 0.278. The van der Waals surface area contributed by atoms with Crippen LogP contribution in [-0.4, -0.2) is 29.3 Å². The van der Waals surface area contributed by atoms with Gasteiger partial charge in [-0.05, 0) is 12.5 Å². The maximum absolute atomic E-state index is 12.7. The molecule has 0 saturated carbocycles. The van der Waals surface area contributed by atoms with Gasteiger partial charge in [0, 0.05) is 29.7 Å². The molecule has 0 aromatic heterocycles. The van der Waals surface area contributed by atoms with Crippen molar-refractivity contribution < 1.29 is 14.5 Å². The van der Waals surface area contributed by atoms with E-state index in [4.69, 9.17) is 9.73 Å². The largest absolute Gasteiger partial charge is 0.464 e. The minimum atomic E-state index is -0.776. The lowest BCUT2D eigenvalue weighted by atomic mass is 10.0. The van der Waals surface area contributed by atoms with Gasteiger partial charge in [-0.25, -0.2) is 4.79 Å². The third-order valence-corrected chi connectivity index (χ3v) is 4.51. The number of hydrogen-bond donors (Lipinski definition) is 0. The Morgan fingerprint density at radius 1 is 0.933 bits per heavy atom. The van der Waals surface area contributed by atoms with Crippen molar-refractivity contribution in [3.63, 3.8) is 0 Å². The zero-order valence-corrected chi connectivity index (χ0v) is 16.6. The van der Waals surface area contributed by atoms with Crippen LogP contribution in [0, 0.1) is 10.1 Å². The van der Waals surface area contributed by atoms with Crippen molar-refractivity contribution in [1.29, 1.82) is 0 Å². The molecule has 3 aromatic carbocycles. The van der Waals surface area contributed by atoms with Crippen LogP contribution in [0.3, 0.4) is 0 Å². The number of carbonyl (C=O) groups is 1. The smallest absolute Gasteiger partial charge is 0.331 e. The second-order valence-electron chi connectivity index (χ2n) is 6.61. The second kappa shape index (κ2) is 10.1. The molecule has 0 aliphatic heterocycles. The highest BCUT2D eigenvalue weighted by atomic mass is 16.6. The molecule has 30 heavy (non-hydrogen) atoms. The molecule has 0 aliphatic carbocycles. The summed E-state index contributed by atoms with van der Waals surface area (Å²) in [5.74, 6) is -0.430. The average molecular weight is 402 g/mol. The number of hydrogen-bond acceptors (Lipinski definition) is 5. The number of rotatable bonds is 8. The summed E-state index contributed by atoms with van der Waals surface area (Å²) in [4.78, 5) is 27.9. The van der Waals surface area contributed by atoms with Gasteiger partial charge in [0.1, 0.15) is 0 Å². The van der Waals surface area contributed by atoms with E-state index in [2.05, 4.69) is 0 Å². The number of nitrogens with zero attached hydrogens (tertiary/aromatic N) is 2. The zero-order chi connectivity index (χ0) is 21.3. The molecule has 6 nitrogen and oxygen atoms in total. The van der Waals surface area contributed by atoms with Gasteiger partial charge < -0.3 is 4.74 Å². The van der Waals surface area contributed by atoms with E-state index in [0.29, 0.717) is 5.71 Å². The molecule has 6 heteroatoms. The number of carbonyl (C=O) groups excluding carboxylic acids is 1. The Bertz CT molecular complexity index is 975. The van der Waals surface area contributed by atoms with Gasteiger partial charge in [-0.3, -0.25) is 15.1 Å². The van der Waals surface area contributed by atoms with E-state index in [9.17, 15) is 14.9 Å². The number of esters is 1. The van der Waals surface area contributed by atoms with Crippen molar-refractivity contribution in [2.24, 2.45) is 4.99 Å². The molecule has 0 aliphatic rings. The van der Waals surface area contributed by atoms with Crippen LogP contribution < -0.4 is 0 Å². The standard InChI is InChI=1S/C24H22N2O4/c1-2-30-24(27)22(17-18-13-15-21(16-14-18)26(28)29)25-23(19-9-5-3-6-10-19)20-11-7-4-8-12-20/h3-16,22H,2,17H2,1H3. The van der Waals surface area contributed by atoms with E-state index in [1.54, 1.807) is 19.1 Å². The molecule has 152 valence electrons. The predicted octanol–water partition coefficient (Wildman–Crippen LogP) is 4.61. The van der Waals surface area contributed by atoms with E-state index in [1.807, 2.05) is 60.7 Å². The molecular weight excluding hydrogens is 380 g/mol. The maximum atomic E-state index is 12.7. The Morgan fingerprint density at radius 2 is 1.47 bits per heavy atom. The molecule has 0 heterocycles. The lowest BCUT2D eigenvalue weighted by Crippen LogP contribution is -2.26. The Morgan fingerprint density at radius 3 is 1.93 bits per heavy atom. The second-order valence-corrected chi connectivity index (χ2v) is 6.61. The molecule has 0 amide bonds. The number of nitro benzene ring substituents is 1. The summed E-state index contributed by atoms with van der Waals surface area (Å²) in [5.41, 5.74) is 3.24. The summed E-state index contributed by atoms with van der Waals surface area (Å²) < 4.78 is 5.26. The summed E-state index contributed by atoms with van der Waals surface area (Å²) in [7, 11) is 0. The Hall–Kier alpha value is -3.80. The van der Waals surface area contributed by atoms with Gasteiger partial charge in [0.2, 0.25) is 0 Å². The highest BCUT2D eigenvalue weighted by Crippen LogP contribution is 2.18. The third kappa shape index (κ3) is 5.38. The van der Waals surface area contributed by atoms with E-state index >= 15 is 0 Å². The van der Waals surface area contributed by atoms with Crippen molar-refractivity contribution in [3.8, 4) is 0 Å². The summed E-state index contributed by atoms with van der Waals surface area (Å²) in [6, 6.07) is 24.7. The summed E-state index contributed by atoms with van der Waals surface area (Å²) in [6.45, 7) is 2.00. The average Bonchev–Trinajstić information content (AvgIpc) is 2.78. The predicted molar refractivity (Wildman–Crippen MR) is 116 cm³/mol. The van der Waals surface area contributed by atoms with Gasteiger partial charge in [0.05, 0.1) is 17.2 Å². The Labute approximate surface area is 175 Å². The number of ether oxygens (including phenoxy) is 1. The van der Waals surface area contributed by atoms with Crippen molar-refractivity contribution >= 4 is 17.4 Å². The Kier molecular flexibility index (Phi) is 7.05. The first kappa shape index (κ1) is 20.9. The van der Waals surface area contributed by atoms with Crippen molar-refractivity contribution in [1.82, 2.24) is 0 Å². The fourth-order valence-corrected chi connectivity index (χ4v) is 3.06. The van der Waals surface area contributed by atoms with Crippen LogP contribution in [0.2, 0.25) is 0 Å². The molecule has 1 unspecified atom stereocenters. The van der Waals surface area contributed by atoms with Crippen molar-refractivity contribution in [3.05, 3.63) is 112 Å². The Balaban J connectivity index is 2.00. The molecule has 0 saturated heterocycles. The molecule has 0 spiro atoms. The highest BCUT2D eigenvalue weighted by Gasteiger charge is 2.22. The van der Waals surface area contributed by atoms with Crippen LogP contribution in [-0.2, 0) is 16.0 Å². The fraction of sp³-hybridized carbons (Fsp3) is 0.167. The van der Waals surface area contributed by atoms with E-state index in [0.717, 1.165) is 16.7 Å². The summed E-state index contributed by atoms with van der Waals surface area (Å²) in [5, 5.41) is 10.9. The first-order chi connectivity index (χ1) is 14.6. The van der Waals surface area contributed by atoms with E-state index < -0.39 is 16.9 Å². The minimum Gasteiger partial charge on any atom is -0.464 e. The van der Waals surface area contributed by atoms with E-state index in [1.165, 1.54) is 12.1 Å². The molecule has 3 aromatic rings. The maximum Gasteiger partial charge on any atom is 0.331 e. The van der Waals surface area contributed by atoms with Crippen LogP contribution in [0.4, 0.5) is 5.69 Å². The number of non-ortho nitro benzene ring substituents is 1. The molecular formula is C24H22N2O4. The topological polar surface area (TPSA) is 81.8 Å². The van der Waals surface area contributed by atoms with Crippen LogP contribution in [0.25, 0.3) is 0 Å². The van der Waals surface area contributed by atoms with Crippen LogP contribution in [0.1, 0.15) is 23.6 Å². The lowest BCUT2D eigenvalue weighted by molar-refractivity contribution is -0.384. The monoisotopic (exact) mass is 402 g/mol.